The van der Waals surface area contributed by atoms with Gasteiger partial charge >= 0.3 is 12.1 Å². The van der Waals surface area contributed by atoms with Crippen LogP contribution in [0, 0.1) is 0 Å². The van der Waals surface area contributed by atoms with E-state index < -0.39 is 11.6 Å². The summed E-state index contributed by atoms with van der Waals surface area (Å²) in [7, 11) is 4.94. The largest absolute Gasteiger partial charge is 0.497 e. The van der Waals surface area contributed by atoms with Gasteiger partial charge in [-0.2, -0.15) is 0 Å². The van der Waals surface area contributed by atoms with Crippen molar-refractivity contribution in [2.75, 3.05) is 34.3 Å². The molecule has 0 bridgehead atoms. The molecule has 2 N–H and O–H groups in total. The Kier molecular flexibility index (Phi) is 6.42. The minimum atomic E-state index is -1.15. The molecule has 1 aromatic carbocycles. The number of hydrogen-bond donors (Lipinski definition) is 2. The molecule has 0 spiro atoms. The van der Waals surface area contributed by atoms with Gasteiger partial charge in [0.1, 0.15) is 22.8 Å². The molecule has 0 unspecified atom stereocenters. The maximum atomic E-state index is 13.2. The second kappa shape index (κ2) is 9.32. The zero-order valence-electron chi connectivity index (χ0n) is 20.2. The lowest BCUT2D eigenvalue weighted by Crippen LogP contribution is -2.53. The van der Waals surface area contributed by atoms with Crippen LogP contribution in [0.15, 0.2) is 28.7 Å². The molecule has 0 radical (unpaired) electrons. The number of ether oxygens (including phenoxy) is 1. The fourth-order valence-electron chi connectivity index (χ4n) is 4.55. The number of methoxy groups -OCH3 is 1. The molecule has 1 aromatic heterocycles. The number of nitrogens with one attached hydrogen (secondary N) is 2. The molecular formula is C24H29N5O6. The fourth-order valence-corrected chi connectivity index (χ4v) is 4.55. The molecule has 1 atom stereocenters. The van der Waals surface area contributed by atoms with Crippen LogP contribution in [0.4, 0.5) is 9.59 Å². The predicted octanol–water partition coefficient (Wildman–Crippen LogP) is 1.65. The highest BCUT2D eigenvalue weighted by Gasteiger charge is 2.40. The molecule has 4 rings (SSSR count). The zero-order chi connectivity index (χ0) is 25.3. The molecule has 2 aliphatic rings. The van der Waals surface area contributed by atoms with E-state index in [4.69, 9.17) is 9.15 Å². The van der Waals surface area contributed by atoms with E-state index in [9.17, 15) is 19.2 Å². The van der Waals surface area contributed by atoms with E-state index in [0.717, 1.165) is 16.9 Å². The topological polar surface area (TPSA) is 124 Å². The van der Waals surface area contributed by atoms with E-state index in [-0.39, 0.29) is 24.9 Å². The highest BCUT2D eigenvalue weighted by Crippen LogP contribution is 2.34. The van der Waals surface area contributed by atoms with Crippen LogP contribution in [-0.4, -0.2) is 73.4 Å². The number of hydrogen-bond acceptors (Lipinski definition) is 6. The van der Waals surface area contributed by atoms with E-state index >= 15 is 0 Å². The summed E-state index contributed by atoms with van der Waals surface area (Å²) >= 11 is 0. The van der Waals surface area contributed by atoms with Crippen molar-refractivity contribution in [3.05, 3.63) is 52.5 Å². The number of imide groups is 1. The molecule has 0 saturated carbocycles. The normalized spacial score (nSPS) is 16.2. The van der Waals surface area contributed by atoms with Gasteiger partial charge in [0.2, 0.25) is 6.41 Å². The van der Waals surface area contributed by atoms with Gasteiger partial charge in [-0.3, -0.25) is 14.9 Å². The third kappa shape index (κ3) is 4.66. The van der Waals surface area contributed by atoms with Gasteiger partial charge in [0.05, 0.1) is 20.2 Å². The first kappa shape index (κ1) is 24.1. The van der Waals surface area contributed by atoms with Crippen molar-refractivity contribution in [1.29, 1.82) is 0 Å². The Morgan fingerprint density at radius 2 is 2.00 bits per heavy atom. The number of rotatable bonds is 6. The van der Waals surface area contributed by atoms with E-state index in [1.54, 1.807) is 43.0 Å². The maximum Gasteiger partial charge on any atom is 0.322 e. The lowest BCUT2D eigenvalue weighted by Gasteiger charge is -2.32. The highest BCUT2D eigenvalue weighted by molar-refractivity contribution is 5.98. The Hall–Kier alpha value is -4.02. The summed E-state index contributed by atoms with van der Waals surface area (Å²) in [5.74, 6) is 1.55. The van der Waals surface area contributed by atoms with E-state index in [2.05, 4.69) is 10.6 Å². The summed E-state index contributed by atoms with van der Waals surface area (Å²) in [5, 5.41) is 4.87. The summed E-state index contributed by atoms with van der Waals surface area (Å²) in [6, 6.07) is 6.34. The van der Waals surface area contributed by atoms with Crippen LogP contribution in [0.5, 0.6) is 5.75 Å². The van der Waals surface area contributed by atoms with Crippen molar-refractivity contribution in [3.8, 4) is 5.75 Å². The number of furan rings is 1. The van der Waals surface area contributed by atoms with E-state index in [0.29, 0.717) is 43.1 Å². The fraction of sp³-hybridized carbons (Fsp3) is 0.417. The summed E-state index contributed by atoms with van der Waals surface area (Å²) in [6.07, 6.45) is 0.816. The van der Waals surface area contributed by atoms with Crippen molar-refractivity contribution in [1.82, 2.24) is 25.3 Å². The molecule has 186 valence electrons. The molecule has 11 heteroatoms. The van der Waals surface area contributed by atoms with Crippen LogP contribution in [0.3, 0.4) is 0 Å². The Labute approximate surface area is 203 Å². The quantitative estimate of drug-likeness (QED) is 0.602. The predicted molar refractivity (Wildman–Crippen MR) is 125 cm³/mol. The molecule has 0 saturated heterocycles. The minimum Gasteiger partial charge on any atom is -0.497 e. The number of fused-ring (bicyclic) bond motifs is 2. The number of amides is 6. The van der Waals surface area contributed by atoms with Gasteiger partial charge in [-0.05, 0) is 30.7 Å². The summed E-state index contributed by atoms with van der Waals surface area (Å²) in [5.41, 5.74) is 1.08. The number of urea groups is 2. The number of carbonyl (C=O) groups is 4. The summed E-state index contributed by atoms with van der Waals surface area (Å²) < 4.78 is 11.4. The van der Waals surface area contributed by atoms with Crippen molar-refractivity contribution >= 4 is 24.4 Å². The van der Waals surface area contributed by atoms with Crippen molar-refractivity contribution in [3.63, 3.8) is 0 Å². The van der Waals surface area contributed by atoms with Crippen LogP contribution in [0.25, 0.3) is 0 Å². The van der Waals surface area contributed by atoms with Gasteiger partial charge in [-0.25, -0.2) is 9.59 Å². The average molecular weight is 484 g/mol. The average Bonchev–Trinajstić information content (AvgIpc) is 3.39. The van der Waals surface area contributed by atoms with Crippen molar-refractivity contribution < 1.29 is 28.3 Å². The first-order valence-electron chi connectivity index (χ1n) is 11.2. The highest BCUT2D eigenvalue weighted by atomic mass is 16.5. The second-order valence-electron chi connectivity index (χ2n) is 9.14. The summed E-state index contributed by atoms with van der Waals surface area (Å²) in [6.45, 7) is 3.08. The number of carbonyl (C=O) groups excluding carboxylic acids is 4. The minimum absolute atomic E-state index is 0.0968. The summed E-state index contributed by atoms with van der Waals surface area (Å²) in [4.78, 5) is 53.7. The van der Waals surface area contributed by atoms with Crippen molar-refractivity contribution in [2.45, 2.75) is 32.0 Å². The Balaban J connectivity index is 1.62. The molecule has 0 fully saturated rings. The standard InChI is InChI=1S/C24H29N5O6/c1-24(26-22(32)25-14-30,13-29-11-15-5-6-17(34-4)10-18(15)21(29)31)20-9-16-12-28(23(33)27(2)3)8-7-19(16)35-20/h5-6,9-10,14H,7-8,11-13H2,1-4H3,(H2,25,26,30,32)/t24-/m0/s1. The van der Waals surface area contributed by atoms with Crippen LogP contribution < -0.4 is 15.4 Å². The monoisotopic (exact) mass is 483 g/mol. The third-order valence-corrected chi connectivity index (χ3v) is 6.35. The van der Waals surface area contributed by atoms with E-state index in [1.807, 2.05) is 12.1 Å². The Morgan fingerprint density at radius 1 is 1.23 bits per heavy atom. The lowest BCUT2D eigenvalue weighted by atomic mass is 9.97. The van der Waals surface area contributed by atoms with Crippen LogP contribution in [0.1, 0.15) is 39.9 Å². The zero-order valence-corrected chi connectivity index (χ0v) is 20.2. The number of nitrogens with zero attached hydrogens (tertiary/aromatic N) is 3. The first-order valence-corrected chi connectivity index (χ1v) is 11.2. The molecule has 35 heavy (non-hydrogen) atoms. The first-order chi connectivity index (χ1) is 16.6. The van der Waals surface area contributed by atoms with Gasteiger partial charge in [-0.1, -0.05) is 6.07 Å². The molecule has 6 amide bonds. The smallest absolute Gasteiger partial charge is 0.322 e. The Morgan fingerprint density at radius 3 is 2.69 bits per heavy atom. The molecule has 2 aliphatic heterocycles. The van der Waals surface area contributed by atoms with Gasteiger partial charge in [0, 0.05) is 44.7 Å². The van der Waals surface area contributed by atoms with Gasteiger partial charge in [-0.15, -0.1) is 0 Å². The lowest BCUT2D eigenvalue weighted by molar-refractivity contribution is -0.108. The van der Waals surface area contributed by atoms with Crippen molar-refractivity contribution in [2.24, 2.45) is 0 Å². The van der Waals surface area contributed by atoms with Crippen LogP contribution in [0.2, 0.25) is 0 Å². The van der Waals surface area contributed by atoms with Gasteiger partial charge in [0.25, 0.3) is 5.91 Å². The van der Waals surface area contributed by atoms with Gasteiger partial charge < -0.3 is 29.2 Å². The SMILES string of the molecule is COc1ccc2c(c1)C(=O)N(C[C@](C)(NC(=O)NC=O)c1cc3c(o1)CCN(C(=O)N(C)C)C3)C2. The molecule has 11 nitrogen and oxygen atoms in total. The maximum absolute atomic E-state index is 13.2. The number of benzene rings is 1. The Bertz CT molecular complexity index is 1180. The molecule has 3 heterocycles. The molecule has 0 aliphatic carbocycles. The van der Waals surface area contributed by atoms with Crippen LogP contribution >= 0.6 is 0 Å². The van der Waals surface area contributed by atoms with E-state index in [1.165, 1.54) is 12.0 Å². The molecular weight excluding hydrogens is 454 g/mol. The van der Waals surface area contributed by atoms with Gasteiger partial charge in [0.15, 0.2) is 0 Å². The van der Waals surface area contributed by atoms with Crippen LogP contribution in [-0.2, 0) is 29.8 Å². The second-order valence-corrected chi connectivity index (χ2v) is 9.14. The third-order valence-electron chi connectivity index (χ3n) is 6.35. The molecule has 2 aromatic rings.